The van der Waals surface area contributed by atoms with E-state index in [9.17, 15) is 0 Å². The van der Waals surface area contributed by atoms with Gasteiger partial charge in [-0.05, 0) is 19.9 Å². The van der Waals surface area contributed by atoms with Crippen molar-refractivity contribution in [3.05, 3.63) is 21.4 Å². The first-order valence-electron chi connectivity index (χ1n) is 3.02. The van der Waals surface area contributed by atoms with Gasteiger partial charge in [0.15, 0.2) is 0 Å². The lowest BCUT2D eigenvalue weighted by molar-refractivity contribution is 1.41. The normalized spacial score (nSPS) is 9.80. The number of thiophene rings is 1. The molecule has 10 heavy (non-hydrogen) atoms. The molecule has 0 spiro atoms. The molecule has 2 nitrogen and oxygen atoms in total. The first-order chi connectivity index (χ1) is 4.61. The predicted octanol–water partition coefficient (Wildman–Crippen LogP) is 1.65. The van der Waals surface area contributed by atoms with Crippen molar-refractivity contribution in [2.45, 2.75) is 13.8 Å². The first-order valence-corrected chi connectivity index (χ1v) is 3.84. The van der Waals surface area contributed by atoms with Gasteiger partial charge in [-0.3, -0.25) is 5.41 Å². The number of nitrogen functional groups attached to an aromatic ring is 1. The summed E-state index contributed by atoms with van der Waals surface area (Å²) in [6.07, 6.45) is 0. The van der Waals surface area contributed by atoms with Crippen molar-refractivity contribution in [1.82, 2.24) is 0 Å². The van der Waals surface area contributed by atoms with Gasteiger partial charge in [-0.2, -0.15) is 0 Å². The monoisotopic (exact) mass is 154 g/mol. The smallest absolute Gasteiger partial charge is 0.123 e. The zero-order valence-corrected chi connectivity index (χ0v) is 6.88. The Hall–Kier alpha value is -0.830. The summed E-state index contributed by atoms with van der Waals surface area (Å²) >= 11 is 1.68. The van der Waals surface area contributed by atoms with Crippen LogP contribution in [0.5, 0.6) is 0 Å². The molecule has 0 saturated heterocycles. The zero-order chi connectivity index (χ0) is 7.72. The number of hydrogen-bond donors (Lipinski definition) is 2. The van der Waals surface area contributed by atoms with Crippen LogP contribution in [0.1, 0.15) is 15.3 Å². The summed E-state index contributed by atoms with van der Waals surface area (Å²) in [6.45, 7) is 4.00. The highest BCUT2D eigenvalue weighted by Crippen LogP contribution is 2.19. The molecular formula is C7H10N2S. The Morgan fingerprint density at radius 2 is 2.20 bits per heavy atom. The quantitative estimate of drug-likeness (QED) is 0.469. The highest BCUT2D eigenvalue weighted by atomic mass is 32.1. The Morgan fingerprint density at radius 1 is 1.60 bits per heavy atom. The lowest BCUT2D eigenvalue weighted by Gasteiger charge is -1.91. The average Bonchev–Trinajstić information content (AvgIpc) is 2.10. The van der Waals surface area contributed by atoms with E-state index in [1.54, 1.807) is 11.3 Å². The topological polar surface area (TPSA) is 49.9 Å². The van der Waals surface area contributed by atoms with Crippen LogP contribution in [0, 0.1) is 19.3 Å². The third-order valence-electron chi connectivity index (χ3n) is 1.33. The van der Waals surface area contributed by atoms with E-state index >= 15 is 0 Å². The largest absolute Gasteiger partial charge is 0.384 e. The van der Waals surface area contributed by atoms with Gasteiger partial charge >= 0.3 is 0 Å². The summed E-state index contributed by atoms with van der Waals surface area (Å²) in [5.41, 5.74) is 6.20. The minimum absolute atomic E-state index is 0.168. The summed E-state index contributed by atoms with van der Waals surface area (Å²) in [6, 6.07) is 1.95. The molecule has 0 saturated carbocycles. The Labute approximate surface area is 64.2 Å². The number of nitrogens with two attached hydrogens (primary N) is 1. The molecule has 54 valence electrons. The molecule has 0 unspecified atom stereocenters. The fourth-order valence-corrected chi connectivity index (χ4v) is 1.84. The van der Waals surface area contributed by atoms with Crippen LogP contribution in [0.3, 0.4) is 0 Å². The second-order valence-electron chi connectivity index (χ2n) is 2.24. The van der Waals surface area contributed by atoms with Crippen molar-refractivity contribution < 1.29 is 0 Å². The lowest BCUT2D eigenvalue weighted by atomic mass is 10.2. The maximum Gasteiger partial charge on any atom is 0.123 e. The van der Waals surface area contributed by atoms with Crippen molar-refractivity contribution in [3.63, 3.8) is 0 Å². The summed E-state index contributed by atoms with van der Waals surface area (Å²) in [4.78, 5) is 2.34. The molecule has 3 N–H and O–H groups in total. The number of aryl methyl sites for hydroxylation is 2. The molecule has 0 aliphatic rings. The van der Waals surface area contributed by atoms with Crippen LogP contribution >= 0.6 is 11.3 Å². The Balaban J connectivity index is 3.15. The lowest BCUT2D eigenvalue weighted by Crippen LogP contribution is -2.10. The zero-order valence-electron chi connectivity index (χ0n) is 6.06. The van der Waals surface area contributed by atoms with Crippen LogP contribution in [-0.4, -0.2) is 5.84 Å². The fourth-order valence-electron chi connectivity index (χ4n) is 0.898. The first kappa shape index (κ1) is 7.28. The molecule has 0 bridgehead atoms. The van der Waals surface area contributed by atoms with Gasteiger partial charge in [0, 0.05) is 15.3 Å². The third-order valence-corrected chi connectivity index (χ3v) is 2.30. The van der Waals surface area contributed by atoms with Crippen LogP contribution in [0.25, 0.3) is 0 Å². The Bertz CT molecular complexity index is 263. The number of hydrogen-bond acceptors (Lipinski definition) is 2. The highest BCUT2D eigenvalue weighted by molar-refractivity contribution is 7.12. The second kappa shape index (κ2) is 2.42. The van der Waals surface area contributed by atoms with E-state index in [4.69, 9.17) is 11.1 Å². The predicted molar refractivity (Wildman–Crippen MR) is 44.8 cm³/mol. The highest BCUT2D eigenvalue weighted by Gasteiger charge is 2.03. The van der Waals surface area contributed by atoms with Crippen molar-refractivity contribution in [1.29, 1.82) is 5.41 Å². The van der Waals surface area contributed by atoms with Gasteiger partial charge in [0.25, 0.3) is 0 Å². The summed E-state index contributed by atoms with van der Waals surface area (Å²) in [5.74, 6) is 0.168. The van der Waals surface area contributed by atoms with Gasteiger partial charge in [0.2, 0.25) is 0 Å². The van der Waals surface area contributed by atoms with Crippen LogP contribution in [0.2, 0.25) is 0 Å². The third kappa shape index (κ3) is 1.19. The molecule has 1 aromatic rings. The van der Waals surface area contributed by atoms with E-state index in [1.165, 1.54) is 4.88 Å². The number of rotatable bonds is 1. The van der Waals surface area contributed by atoms with Gasteiger partial charge in [-0.15, -0.1) is 11.3 Å². The molecule has 0 atom stereocenters. The summed E-state index contributed by atoms with van der Waals surface area (Å²) in [5, 5.41) is 7.17. The van der Waals surface area contributed by atoms with Crippen molar-refractivity contribution >= 4 is 17.2 Å². The number of nitrogens with one attached hydrogen (secondary N) is 1. The van der Waals surface area contributed by atoms with Crippen molar-refractivity contribution in [2.75, 3.05) is 0 Å². The van der Waals surface area contributed by atoms with Crippen LogP contribution in [-0.2, 0) is 0 Å². The average molecular weight is 154 g/mol. The van der Waals surface area contributed by atoms with E-state index in [0.29, 0.717) is 0 Å². The molecule has 1 heterocycles. The molecule has 0 aliphatic carbocycles. The van der Waals surface area contributed by atoms with E-state index < -0.39 is 0 Å². The van der Waals surface area contributed by atoms with E-state index in [1.807, 2.05) is 19.9 Å². The minimum Gasteiger partial charge on any atom is -0.384 e. The summed E-state index contributed by atoms with van der Waals surface area (Å²) in [7, 11) is 0. The van der Waals surface area contributed by atoms with E-state index in [0.717, 1.165) is 10.4 Å². The SMILES string of the molecule is Cc1cc(C(=N)N)c(C)s1. The fraction of sp³-hybridized carbons (Fsp3) is 0.286. The number of amidine groups is 1. The van der Waals surface area contributed by atoms with Gasteiger partial charge in [-0.25, -0.2) is 0 Å². The molecule has 0 aliphatic heterocycles. The second-order valence-corrected chi connectivity index (χ2v) is 3.70. The minimum atomic E-state index is 0.168. The van der Waals surface area contributed by atoms with Gasteiger partial charge in [0.1, 0.15) is 5.84 Å². The Kier molecular flexibility index (Phi) is 1.76. The molecule has 0 radical (unpaired) electrons. The van der Waals surface area contributed by atoms with Crippen LogP contribution in [0.15, 0.2) is 6.07 Å². The standard InChI is InChI=1S/C7H10N2S/c1-4-3-6(7(8)9)5(2)10-4/h3H,1-2H3,(H3,8,9). The molecule has 1 rings (SSSR count). The van der Waals surface area contributed by atoms with E-state index in [-0.39, 0.29) is 5.84 Å². The maximum atomic E-state index is 7.17. The van der Waals surface area contributed by atoms with Gasteiger partial charge < -0.3 is 5.73 Å². The van der Waals surface area contributed by atoms with Crippen LogP contribution in [0.4, 0.5) is 0 Å². The van der Waals surface area contributed by atoms with Crippen molar-refractivity contribution in [2.24, 2.45) is 5.73 Å². The van der Waals surface area contributed by atoms with Gasteiger partial charge in [-0.1, -0.05) is 0 Å². The van der Waals surface area contributed by atoms with E-state index in [2.05, 4.69) is 0 Å². The molecular weight excluding hydrogens is 144 g/mol. The van der Waals surface area contributed by atoms with Crippen molar-refractivity contribution in [3.8, 4) is 0 Å². The van der Waals surface area contributed by atoms with Gasteiger partial charge in [0.05, 0.1) is 0 Å². The van der Waals surface area contributed by atoms with Crippen LogP contribution < -0.4 is 5.73 Å². The molecule has 0 amide bonds. The molecule has 0 fully saturated rings. The molecule has 3 heteroatoms. The molecule has 0 aromatic carbocycles. The maximum absolute atomic E-state index is 7.17. The Morgan fingerprint density at radius 3 is 2.40 bits per heavy atom. The molecule has 1 aromatic heterocycles. The summed E-state index contributed by atoms with van der Waals surface area (Å²) < 4.78 is 0.